The molecule has 0 aromatic heterocycles. The number of hydrogen-bond donors (Lipinski definition) is 0. The first-order chi connectivity index (χ1) is 5.47. The lowest BCUT2D eigenvalue weighted by molar-refractivity contribution is -0.345. The normalized spacial score (nSPS) is 23.0. The van der Waals surface area contributed by atoms with Crippen molar-refractivity contribution in [2.24, 2.45) is 0 Å². The molecule has 0 saturated carbocycles. The molecule has 0 N–H and O–H groups in total. The Balaban J connectivity index is 2.26. The van der Waals surface area contributed by atoms with E-state index in [1.165, 1.54) is 0 Å². The zero-order chi connectivity index (χ0) is 9.19. The molecule has 0 bridgehead atoms. The number of piperidine rings is 1. The van der Waals surface area contributed by atoms with Crippen LogP contribution in [0, 0.1) is 0 Å². The summed E-state index contributed by atoms with van der Waals surface area (Å²) < 4.78 is 39.0. The molecule has 0 unspecified atom stereocenters. The number of rotatable bonds is 1. The summed E-state index contributed by atoms with van der Waals surface area (Å²) in [4.78, 5) is 2.00. The van der Waals surface area contributed by atoms with Crippen molar-refractivity contribution >= 4 is 0 Å². The molecule has 0 radical (unpaired) electrons. The smallest absolute Gasteiger partial charge is 0.306 e. The van der Waals surface area contributed by atoms with E-state index in [1.54, 1.807) is 0 Å². The molecular formula is C7H12F3NO. The topological polar surface area (TPSA) is 12.5 Å². The maximum absolute atomic E-state index is 11.7. The molecule has 0 aliphatic carbocycles. The summed E-state index contributed by atoms with van der Waals surface area (Å²) in [6.07, 6.45) is -4.17. The van der Waals surface area contributed by atoms with Gasteiger partial charge in [-0.25, -0.2) is 0 Å². The van der Waals surface area contributed by atoms with Gasteiger partial charge < -0.3 is 4.90 Å². The molecule has 1 saturated heterocycles. The molecule has 0 aromatic carbocycles. The lowest BCUT2D eigenvalue weighted by Gasteiger charge is -2.29. The first-order valence-corrected chi connectivity index (χ1v) is 3.90. The third kappa shape index (κ3) is 3.40. The van der Waals surface area contributed by atoms with Crippen molar-refractivity contribution in [3.8, 4) is 0 Å². The van der Waals surface area contributed by atoms with Gasteiger partial charge in [-0.3, -0.25) is 4.74 Å². The van der Waals surface area contributed by atoms with Crippen LogP contribution in [0.1, 0.15) is 12.8 Å². The SMILES string of the molecule is CN1CCC(OC(F)(F)F)CC1. The van der Waals surface area contributed by atoms with Gasteiger partial charge in [0.25, 0.3) is 0 Å². The molecule has 0 spiro atoms. The predicted octanol–water partition coefficient (Wildman–Crippen LogP) is 1.62. The molecule has 12 heavy (non-hydrogen) atoms. The van der Waals surface area contributed by atoms with Crippen LogP contribution in [0.25, 0.3) is 0 Å². The van der Waals surface area contributed by atoms with Crippen molar-refractivity contribution in [1.82, 2.24) is 4.90 Å². The highest BCUT2D eigenvalue weighted by Gasteiger charge is 2.34. The molecule has 0 amide bonds. The first-order valence-electron chi connectivity index (χ1n) is 3.90. The van der Waals surface area contributed by atoms with Gasteiger partial charge in [0.15, 0.2) is 0 Å². The average Bonchev–Trinajstić information content (AvgIpc) is 1.91. The predicted molar refractivity (Wildman–Crippen MR) is 37.7 cm³/mol. The summed E-state index contributed by atoms with van der Waals surface area (Å²) in [5.41, 5.74) is 0. The van der Waals surface area contributed by atoms with E-state index in [0.29, 0.717) is 25.9 Å². The number of halogens is 3. The molecule has 1 aliphatic rings. The van der Waals surface area contributed by atoms with Crippen LogP contribution in [-0.2, 0) is 4.74 Å². The Labute approximate surface area is 69.3 Å². The molecule has 72 valence electrons. The van der Waals surface area contributed by atoms with E-state index in [1.807, 2.05) is 11.9 Å². The monoisotopic (exact) mass is 183 g/mol. The zero-order valence-electron chi connectivity index (χ0n) is 6.90. The van der Waals surface area contributed by atoms with E-state index in [4.69, 9.17) is 0 Å². The van der Waals surface area contributed by atoms with Gasteiger partial charge in [0, 0.05) is 13.1 Å². The quantitative estimate of drug-likeness (QED) is 0.612. The second-order valence-electron chi connectivity index (χ2n) is 3.07. The van der Waals surface area contributed by atoms with Crippen LogP contribution in [0.4, 0.5) is 13.2 Å². The molecule has 0 aromatic rings. The van der Waals surface area contributed by atoms with Gasteiger partial charge in [0.2, 0.25) is 0 Å². The standard InChI is InChI=1S/C7H12F3NO/c1-11-4-2-6(3-5-11)12-7(8,9)10/h6H,2-5H2,1H3. The van der Waals surface area contributed by atoms with Crippen molar-refractivity contribution in [3.63, 3.8) is 0 Å². The summed E-state index contributed by atoms with van der Waals surface area (Å²) in [7, 11) is 1.89. The molecular weight excluding hydrogens is 171 g/mol. The minimum atomic E-state index is -4.47. The third-order valence-electron chi connectivity index (χ3n) is 1.97. The van der Waals surface area contributed by atoms with Crippen molar-refractivity contribution < 1.29 is 17.9 Å². The summed E-state index contributed by atoms with van der Waals surface area (Å²) in [5, 5.41) is 0. The maximum atomic E-state index is 11.7. The van der Waals surface area contributed by atoms with Crippen LogP contribution >= 0.6 is 0 Å². The van der Waals surface area contributed by atoms with Gasteiger partial charge >= 0.3 is 6.36 Å². The molecule has 2 nitrogen and oxygen atoms in total. The van der Waals surface area contributed by atoms with Crippen LogP contribution in [0.3, 0.4) is 0 Å². The van der Waals surface area contributed by atoms with E-state index in [-0.39, 0.29) is 0 Å². The number of nitrogens with zero attached hydrogens (tertiary/aromatic N) is 1. The lowest BCUT2D eigenvalue weighted by atomic mass is 10.1. The Bertz CT molecular complexity index is 140. The molecule has 1 rings (SSSR count). The Morgan fingerprint density at radius 1 is 1.25 bits per heavy atom. The van der Waals surface area contributed by atoms with Crippen molar-refractivity contribution in [2.45, 2.75) is 25.3 Å². The van der Waals surface area contributed by atoms with Crippen molar-refractivity contribution in [1.29, 1.82) is 0 Å². The van der Waals surface area contributed by atoms with Crippen LogP contribution in [0.5, 0.6) is 0 Å². The highest BCUT2D eigenvalue weighted by atomic mass is 19.4. The van der Waals surface area contributed by atoms with Gasteiger partial charge in [-0.2, -0.15) is 0 Å². The largest absolute Gasteiger partial charge is 0.522 e. The molecule has 1 heterocycles. The summed E-state index contributed by atoms with van der Waals surface area (Å²) in [5.74, 6) is 0. The van der Waals surface area contributed by atoms with Crippen molar-refractivity contribution in [3.05, 3.63) is 0 Å². The van der Waals surface area contributed by atoms with Crippen LogP contribution in [-0.4, -0.2) is 37.5 Å². The fourth-order valence-electron chi connectivity index (χ4n) is 1.29. The first kappa shape index (κ1) is 9.80. The van der Waals surface area contributed by atoms with Gasteiger partial charge in [0.1, 0.15) is 0 Å². The van der Waals surface area contributed by atoms with Gasteiger partial charge in [-0.15, -0.1) is 13.2 Å². The highest BCUT2D eigenvalue weighted by molar-refractivity contribution is 4.69. The van der Waals surface area contributed by atoms with E-state index >= 15 is 0 Å². The molecule has 1 aliphatic heterocycles. The van der Waals surface area contributed by atoms with E-state index in [9.17, 15) is 13.2 Å². The molecule has 1 fully saturated rings. The highest BCUT2D eigenvalue weighted by Crippen LogP contribution is 2.23. The Morgan fingerprint density at radius 3 is 2.17 bits per heavy atom. The van der Waals surface area contributed by atoms with E-state index < -0.39 is 12.5 Å². The second kappa shape index (κ2) is 3.62. The van der Waals surface area contributed by atoms with Crippen LogP contribution in [0.15, 0.2) is 0 Å². The minimum absolute atomic E-state index is 0.468. The van der Waals surface area contributed by atoms with Gasteiger partial charge in [0.05, 0.1) is 6.10 Å². The van der Waals surface area contributed by atoms with Crippen molar-refractivity contribution in [2.75, 3.05) is 20.1 Å². The second-order valence-corrected chi connectivity index (χ2v) is 3.07. The third-order valence-corrected chi connectivity index (χ3v) is 1.97. The Kier molecular flexibility index (Phi) is 2.95. The van der Waals surface area contributed by atoms with E-state index in [0.717, 1.165) is 0 Å². The molecule has 5 heteroatoms. The number of likely N-dealkylation sites (tertiary alicyclic amines) is 1. The zero-order valence-corrected chi connectivity index (χ0v) is 6.90. The summed E-state index contributed by atoms with van der Waals surface area (Å²) in [6, 6.07) is 0. The average molecular weight is 183 g/mol. The Morgan fingerprint density at radius 2 is 1.75 bits per heavy atom. The number of hydrogen-bond acceptors (Lipinski definition) is 2. The minimum Gasteiger partial charge on any atom is -0.306 e. The number of ether oxygens (including phenoxy) is 1. The summed E-state index contributed by atoms with van der Waals surface area (Å²) >= 11 is 0. The Hall–Kier alpha value is -0.290. The van der Waals surface area contributed by atoms with Gasteiger partial charge in [-0.1, -0.05) is 0 Å². The fourth-order valence-corrected chi connectivity index (χ4v) is 1.29. The van der Waals surface area contributed by atoms with E-state index in [2.05, 4.69) is 4.74 Å². The van der Waals surface area contributed by atoms with Crippen LogP contribution in [0.2, 0.25) is 0 Å². The maximum Gasteiger partial charge on any atom is 0.522 e. The summed E-state index contributed by atoms with van der Waals surface area (Å²) in [6.45, 7) is 1.36. The van der Waals surface area contributed by atoms with Gasteiger partial charge in [-0.05, 0) is 19.9 Å². The van der Waals surface area contributed by atoms with Crippen LogP contribution < -0.4 is 0 Å². The lowest BCUT2D eigenvalue weighted by Crippen LogP contribution is -2.36. The fraction of sp³-hybridized carbons (Fsp3) is 1.00. The molecule has 0 atom stereocenters. The number of alkyl halides is 3.